The van der Waals surface area contributed by atoms with Gasteiger partial charge in [0.25, 0.3) is 5.91 Å². The van der Waals surface area contributed by atoms with Crippen molar-refractivity contribution in [3.63, 3.8) is 0 Å². The summed E-state index contributed by atoms with van der Waals surface area (Å²) in [4.78, 5) is 23.3. The van der Waals surface area contributed by atoms with Crippen molar-refractivity contribution in [2.75, 3.05) is 11.4 Å². The number of rotatable bonds is 2. The highest BCUT2D eigenvalue weighted by atomic mass is 16.5. The maximum absolute atomic E-state index is 13.0. The molecule has 0 N–H and O–H groups in total. The number of carbonyl (C=O) groups is 1. The molecule has 1 atom stereocenters. The van der Waals surface area contributed by atoms with E-state index in [-0.39, 0.29) is 12.0 Å². The van der Waals surface area contributed by atoms with Gasteiger partial charge in [-0.15, -0.1) is 0 Å². The zero-order chi connectivity index (χ0) is 18.3. The van der Waals surface area contributed by atoms with E-state index in [9.17, 15) is 4.79 Å². The zero-order valence-corrected chi connectivity index (χ0v) is 14.9. The number of benzene rings is 1. The minimum atomic E-state index is -0.110. The lowest BCUT2D eigenvalue weighted by Crippen LogP contribution is -2.42. The van der Waals surface area contributed by atoms with E-state index in [0.717, 1.165) is 11.5 Å². The molecule has 4 rings (SSSR count). The Morgan fingerprint density at radius 3 is 2.65 bits per heavy atom. The Bertz CT molecular complexity index is 964. The molecule has 1 aromatic carbocycles. The summed E-state index contributed by atoms with van der Waals surface area (Å²) in [7, 11) is 0. The number of aromatic nitrogens is 4. The number of fused-ring (bicyclic) bond motifs is 1. The van der Waals surface area contributed by atoms with Gasteiger partial charge in [-0.25, -0.2) is 14.6 Å². The molecule has 0 radical (unpaired) electrons. The van der Waals surface area contributed by atoms with Crippen molar-refractivity contribution in [2.24, 2.45) is 0 Å². The highest BCUT2D eigenvalue weighted by molar-refractivity contribution is 6.07. The van der Waals surface area contributed by atoms with Gasteiger partial charge in [0.1, 0.15) is 23.4 Å². The zero-order valence-electron chi connectivity index (χ0n) is 14.9. The van der Waals surface area contributed by atoms with Crippen LogP contribution in [0.25, 0.3) is 5.69 Å². The van der Waals surface area contributed by atoms with Crippen LogP contribution in [0.5, 0.6) is 5.88 Å². The van der Waals surface area contributed by atoms with Gasteiger partial charge in [0, 0.05) is 11.8 Å². The van der Waals surface area contributed by atoms with Crippen LogP contribution in [0.4, 0.5) is 5.69 Å². The predicted octanol–water partition coefficient (Wildman–Crippen LogP) is 2.71. The summed E-state index contributed by atoms with van der Waals surface area (Å²) >= 11 is 0. The first-order valence-corrected chi connectivity index (χ1v) is 8.47. The Kier molecular flexibility index (Phi) is 3.91. The Labute approximate surface area is 151 Å². The number of aryl methyl sites for hydroxylation is 2. The summed E-state index contributed by atoms with van der Waals surface area (Å²) in [5.74, 6) is 1.94. The largest absolute Gasteiger partial charge is 0.471 e. The van der Waals surface area contributed by atoms with Crippen molar-refractivity contribution in [1.29, 1.82) is 0 Å². The van der Waals surface area contributed by atoms with Gasteiger partial charge in [-0.05, 0) is 57.2 Å². The Hall–Kier alpha value is -3.22. The Morgan fingerprint density at radius 1 is 1.19 bits per heavy atom. The topological polar surface area (TPSA) is 73.1 Å². The third kappa shape index (κ3) is 2.81. The summed E-state index contributed by atoms with van der Waals surface area (Å²) in [6.07, 6.45) is 1.55. The second kappa shape index (κ2) is 6.25. The molecule has 0 bridgehead atoms. The van der Waals surface area contributed by atoms with E-state index in [0.29, 0.717) is 29.5 Å². The van der Waals surface area contributed by atoms with E-state index in [1.165, 1.54) is 0 Å². The van der Waals surface area contributed by atoms with Crippen molar-refractivity contribution >= 4 is 11.6 Å². The molecule has 3 heterocycles. The number of carbonyl (C=O) groups excluding carboxylic acids is 1. The molecule has 7 nitrogen and oxygen atoms in total. The smallest absolute Gasteiger partial charge is 0.258 e. The number of anilines is 1. The quantitative estimate of drug-likeness (QED) is 0.711. The van der Waals surface area contributed by atoms with Crippen molar-refractivity contribution in [3.05, 3.63) is 59.8 Å². The maximum Gasteiger partial charge on any atom is 0.258 e. The van der Waals surface area contributed by atoms with E-state index < -0.39 is 0 Å². The van der Waals surface area contributed by atoms with Crippen molar-refractivity contribution < 1.29 is 9.53 Å². The molecule has 0 saturated heterocycles. The minimum Gasteiger partial charge on any atom is -0.471 e. The number of nitrogens with zero attached hydrogens (tertiary/aromatic N) is 5. The van der Waals surface area contributed by atoms with E-state index in [2.05, 4.69) is 15.1 Å². The van der Waals surface area contributed by atoms with Crippen LogP contribution in [0.2, 0.25) is 0 Å². The fraction of sp³-hybridized carbons (Fsp3) is 0.263. The molecule has 0 fully saturated rings. The average Bonchev–Trinajstić information content (AvgIpc) is 2.98. The summed E-state index contributed by atoms with van der Waals surface area (Å²) in [5, 5.41) is 4.37. The molecular weight excluding hydrogens is 330 g/mol. The Morgan fingerprint density at radius 2 is 1.96 bits per heavy atom. The van der Waals surface area contributed by atoms with Crippen LogP contribution in [0.15, 0.2) is 42.6 Å². The first kappa shape index (κ1) is 16.3. The van der Waals surface area contributed by atoms with E-state index in [1.54, 1.807) is 21.8 Å². The third-order valence-corrected chi connectivity index (χ3v) is 4.27. The van der Waals surface area contributed by atoms with Crippen molar-refractivity contribution in [1.82, 2.24) is 19.7 Å². The summed E-state index contributed by atoms with van der Waals surface area (Å²) in [6.45, 7) is 6.17. The van der Waals surface area contributed by atoms with Gasteiger partial charge >= 0.3 is 0 Å². The molecule has 0 spiro atoms. The van der Waals surface area contributed by atoms with E-state index >= 15 is 0 Å². The first-order chi connectivity index (χ1) is 12.5. The molecule has 0 aliphatic carbocycles. The van der Waals surface area contributed by atoms with Crippen LogP contribution in [0.1, 0.15) is 28.9 Å². The number of pyridine rings is 1. The fourth-order valence-electron chi connectivity index (χ4n) is 3.12. The predicted molar refractivity (Wildman–Crippen MR) is 96.8 cm³/mol. The van der Waals surface area contributed by atoms with E-state index in [4.69, 9.17) is 4.74 Å². The van der Waals surface area contributed by atoms with Crippen LogP contribution >= 0.6 is 0 Å². The van der Waals surface area contributed by atoms with Gasteiger partial charge in [0.15, 0.2) is 0 Å². The lowest BCUT2D eigenvalue weighted by atomic mass is 10.1. The summed E-state index contributed by atoms with van der Waals surface area (Å²) in [5.41, 5.74) is 2.17. The van der Waals surface area contributed by atoms with Gasteiger partial charge in [0.05, 0.1) is 12.2 Å². The van der Waals surface area contributed by atoms with Crippen LogP contribution in [-0.4, -0.2) is 38.3 Å². The molecule has 1 amide bonds. The van der Waals surface area contributed by atoms with Crippen LogP contribution in [0.3, 0.4) is 0 Å². The lowest BCUT2D eigenvalue weighted by Gasteiger charge is -2.32. The van der Waals surface area contributed by atoms with Crippen LogP contribution in [0, 0.1) is 13.8 Å². The van der Waals surface area contributed by atoms with Crippen LogP contribution in [-0.2, 0) is 0 Å². The normalized spacial score (nSPS) is 16.1. The minimum absolute atomic E-state index is 0.0764. The second-order valence-electron chi connectivity index (χ2n) is 6.34. The average molecular weight is 349 g/mol. The maximum atomic E-state index is 13.0. The van der Waals surface area contributed by atoms with Gasteiger partial charge in [-0.1, -0.05) is 0 Å². The monoisotopic (exact) mass is 349 g/mol. The molecule has 2 aromatic heterocycles. The third-order valence-electron chi connectivity index (χ3n) is 4.27. The molecule has 1 aliphatic heterocycles. The Balaban J connectivity index is 1.64. The highest BCUT2D eigenvalue weighted by Gasteiger charge is 2.29. The van der Waals surface area contributed by atoms with E-state index in [1.807, 2.05) is 51.1 Å². The number of hydrogen-bond donors (Lipinski definition) is 0. The number of hydrogen-bond acceptors (Lipinski definition) is 5. The number of ether oxygens (including phenoxy) is 1. The van der Waals surface area contributed by atoms with Gasteiger partial charge in [-0.2, -0.15) is 5.10 Å². The first-order valence-electron chi connectivity index (χ1n) is 8.47. The van der Waals surface area contributed by atoms with Crippen LogP contribution < -0.4 is 9.64 Å². The standard InChI is InChI=1S/C19H19N5O2/c1-12-11-23(17-5-4-10-20-18(17)26-12)19(25)15-6-8-16(9-7-15)24-14(3)21-13(2)22-24/h4-10,12H,11H2,1-3H3/t12-/m0/s1. The molecule has 0 saturated carbocycles. The molecule has 7 heteroatoms. The summed E-state index contributed by atoms with van der Waals surface area (Å²) < 4.78 is 7.48. The van der Waals surface area contributed by atoms with Crippen molar-refractivity contribution in [3.8, 4) is 11.6 Å². The number of amides is 1. The molecule has 1 aliphatic rings. The molecular formula is C19H19N5O2. The summed E-state index contributed by atoms with van der Waals surface area (Å²) in [6, 6.07) is 11.0. The molecule has 3 aromatic rings. The van der Waals surface area contributed by atoms with Crippen molar-refractivity contribution in [2.45, 2.75) is 26.9 Å². The lowest BCUT2D eigenvalue weighted by molar-refractivity contribution is 0.0958. The fourth-order valence-corrected chi connectivity index (χ4v) is 3.12. The molecule has 132 valence electrons. The van der Waals surface area contributed by atoms with Gasteiger partial charge < -0.3 is 4.74 Å². The van der Waals surface area contributed by atoms with Gasteiger partial charge in [0.2, 0.25) is 5.88 Å². The second-order valence-corrected chi connectivity index (χ2v) is 6.34. The highest BCUT2D eigenvalue weighted by Crippen LogP contribution is 2.31. The molecule has 26 heavy (non-hydrogen) atoms. The van der Waals surface area contributed by atoms with Gasteiger partial charge in [-0.3, -0.25) is 9.69 Å². The SMILES string of the molecule is Cc1nc(C)n(-c2ccc(C(=O)N3C[C@H](C)Oc4ncccc43)cc2)n1. The molecule has 0 unspecified atom stereocenters.